The van der Waals surface area contributed by atoms with Gasteiger partial charge in [-0.15, -0.1) is 0 Å². The van der Waals surface area contributed by atoms with Crippen LogP contribution in [0.15, 0.2) is 42.5 Å². The van der Waals surface area contributed by atoms with Gasteiger partial charge in [-0.1, -0.05) is 18.2 Å². The normalized spacial score (nSPS) is 13.8. The minimum Gasteiger partial charge on any atom is -0.454 e. The van der Waals surface area contributed by atoms with E-state index in [0.717, 1.165) is 23.4 Å². The molecule has 0 saturated heterocycles. The predicted molar refractivity (Wildman–Crippen MR) is 93.9 cm³/mol. The van der Waals surface area contributed by atoms with Gasteiger partial charge in [-0.3, -0.25) is 4.79 Å². The van der Waals surface area contributed by atoms with Crippen LogP contribution in [0, 0.1) is 0 Å². The van der Waals surface area contributed by atoms with Gasteiger partial charge in [0, 0.05) is 6.54 Å². The molecule has 1 aliphatic rings. The van der Waals surface area contributed by atoms with Crippen LogP contribution in [0.25, 0.3) is 11.0 Å². The molecule has 1 N–H and O–H groups in total. The summed E-state index contributed by atoms with van der Waals surface area (Å²) in [4.78, 5) is 17.4. The standard InChI is InChI=1S/C19H19N3O3/c1-3-22-15-9-5-4-8-14(15)21-18(22)12(2)20-19(23)13-7-6-10-16-17(13)25-11-24-16/h4-10,12H,3,11H2,1-2H3,(H,20,23)/t12-/m1/s1. The highest BCUT2D eigenvalue weighted by Crippen LogP contribution is 2.35. The predicted octanol–water partition coefficient (Wildman–Crippen LogP) is 3.28. The number of fused-ring (bicyclic) bond motifs is 2. The van der Waals surface area contributed by atoms with E-state index in [9.17, 15) is 4.79 Å². The van der Waals surface area contributed by atoms with Gasteiger partial charge >= 0.3 is 0 Å². The maximum atomic E-state index is 12.7. The van der Waals surface area contributed by atoms with Crippen LogP contribution in [-0.2, 0) is 6.54 Å². The Morgan fingerprint density at radius 2 is 2.08 bits per heavy atom. The first-order chi connectivity index (χ1) is 12.2. The van der Waals surface area contributed by atoms with E-state index in [1.165, 1.54) is 0 Å². The molecule has 0 saturated carbocycles. The molecule has 1 aromatic heterocycles. The number of aryl methyl sites for hydroxylation is 1. The molecular weight excluding hydrogens is 318 g/mol. The van der Waals surface area contributed by atoms with Crippen LogP contribution in [-0.4, -0.2) is 22.3 Å². The van der Waals surface area contributed by atoms with Crippen molar-refractivity contribution in [2.45, 2.75) is 26.4 Å². The maximum absolute atomic E-state index is 12.7. The van der Waals surface area contributed by atoms with Crippen molar-refractivity contribution in [2.75, 3.05) is 6.79 Å². The van der Waals surface area contributed by atoms with Gasteiger partial charge in [0.05, 0.1) is 22.6 Å². The first kappa shape index (κ1) is 15.5. The Morgan fingerprint density at radius 1 is 1.24 bits per heavy atom. The van der Waals surface area contributed by atoms with Gasteiger partial charge in [-0.05, 0) is 38.1 Å². The lowest BCUT2D eigenvalue weighted by Gasteiger charge is -2.16. The molecule has 2 heterocycles. The molecule has 0 fully saturated rings. The number of imidazole rings is 1. The van der Waals surface area contributed by atoms with Crippen molar-refractivity contribution in [3.63, 3.8) is 0 Å². The first-order valence-electron chi connectivity index (χ1n) is 8.33. The number of aromatic nitrogens is 2. The molecule has 4 rings (SSSR count). The molecule has 128 valence electrons. The number of carbonyl (C=O) groups is 1. The third-order valence-corrected chi connectivity index (χ3v) is 4.38. The van der Waals surface area contributed by atoms with E-state index >= 15 is 0 Å². The fourth-order valence-corrected chi connectivity index (χ4v) is 3.21. The monoisotopic (exact) mass is 337 g/mol. The lowest BCUT2D eigenvalue weighted by atomic mass is 10.1. The van der Waals surface area contributed by atoms with Crippen LogP contribution in [0.3, 0.4) is 0 Å². The van der Waals surface area contributed by atoms with Gasteiger partial charge in [0.2, 0.25) is 6.79 Å². The Balaban J connectivity index is 1.63. The zero-order chi connectivity index (χ0) is 17.4. The Labute approximate surface area is 145 Å². The van der Waals surface area contributed by atoms with Gasteiger partial charge in [-0.25, -0.2) is 4.98 Å². The zero-order valence-electron chi connectivity index (χ0n) is 14.2. The molecule has 6 heteroatoms. The highest BCUT2D eigenvalue weighted by atomic mass is 16.7. The summed E-state index contributed by atoms with van der Waals surface area (Å²) < 4.78 is 12.9. The van der Waals surface area contributed by atoms with Gasteiger partial charge in [-0.2, -0.15) is 0 Å². The maximum Gasteiger partial charge on any atom is 0.255 e. The number of nitrogens with one attached hydrogen (secondary N) is 1. The van der Waals surface area contributed by atoms with E-state index < -0.39 is 0 Å². The van der Waals surface area contributed by atoms with Crippen LogP contribution in [0.1, 0.15) is 36.1 Å². The molecule has 6 nitrogen and oxygen atoms in total. The highest BCUT2D eigenvalue weighted by molar-refractivity contribution is 5.98. The number of benzene rings is 2. The number of para-hydroxylation sites is 3. The van der Waals surface area contributed by atoms with Crippen LogP contribution >= 0.6 is 0 Å². The topological polar surface area (TPSA) is 65.4 Å². The van der Waals surface area contributed by atoms with Crippen molar-refractivity contribution in [3.05, 3.63) is 53.9 Å². The summed E-state index contributed by atoms with van der Waals surface area (Å²) in [7, 11) is 0. The minimum atomic E-state index is -0.238. The number of ether oxygens (including phenoxy) is 2. The Morgan fingerprint density at radius 3 is 2.92 bits per heavy atom. The van der Waals surface area contributed by atoms with E-state index in [1.807, 2.05) is 31.2 Å². The molecular formula is C19H19N3O3. The van der Waals surface area contributed by atoms with Gasteiger partial charge in [0.25, 0.3) is 5.91 Å². The summed E-state index contributed by atoms with van der Waals surface area (Å²) >= 11 is 0. The van der Waals surface area contributed by atoms with Crippen molar-refractivity contribution in [3.8, 4) is 11.5 Å². The molecule has 0 spiro atoms. The summed E-state index contributed by atoms with van der Waals surface area (Å²) in [5, 5.41) is 3.02. The van der Waals surface area contributed by atoms with E-state index in [4.69, 9.17) is 14.5 Å². The number of rotatable bonds is 4. The second kappa shape index (κ2) is 6.12. The molecule has 3 aromatic rings. The molecule has 1 atom stereocenters. The van der Waals surface area contributed by atoms with Crippen LogP contribution in [0.4, 0.5) is 0 Å². The first-order valence-corrected chi connectivity index (χ1v) is 8.33. The van der Waals surface area contributed by atoms with E-state index in [1.54, 1.807) is 18.2 Å². The number of amides is 1. The van der Waals surface area contributed by atoms with Gasteiger partial charge in [0.1, 0.15) is 5.82 Å². The lowest BCUT2D eigenvalue weighted by Crippen LogP contribution is -2.28. The summed E-state index contributed by atoms with van der Waals surface area (Å²) in [5.74, 6) is 1.73. The molecule has 1 amide bonds. The summed E-state index contributed by atoms with van der Waals surface area (Å²) in [6, 6.07) is 13.1. The van der Waals surface area contributed by atoms with Crippen LogP contribution in [0.5, 0.6) is 11.5 Å². The number of hydrogen-bond acceptors (Lipinski definition) is 4. The number of hydrogen-bond donors (Lipinski definition) is 1. The van der Waals surface area contributed by atoms with Gasteiger partial charge < -0.3 is 19.4 Å². The Bertz CT molecular complexity index is 948. The quantitative estimate of drug-likeness (QED) is 0.793. The van der Waals surface area contributed by atoms with Crippen molar-refractivity contribution >= 4 is 16.9 Å². The van der Waals surface area contributed by atoms with Crippen molar-refractivity contribution in [1.82, 2.24) is 14.9 Å². The summed E-state index contributed by atoms with van der Waals surface area (Å²) in [6.07, 6.45) is 0. The highest BCUT2D eigenvalue weighted by Gasteiger charge is 2.24. The third-order valence-electron chi connectivity index (χ3n) is 4.38. The van der Waals surface area contributed by atoms with E-state index in [2.05, 4.69) is 16.8 Å². The SMILES string of the molecule is CCn1c([C@@H](C)NC(=O)c2cccc3c2OCO3)nc2ccccc21. The Hall–Kier alpha value is -3.02. The fraction of sp³-hybridized carbons (Fsp3) is 0.263. The lowest BCUT2D eigenvalue weighted by molar-refractivity contribution is 0.0933. The molecule has 0 unspecified atom stereocenters. The van der Waals surface area contributed by atoms with Crippen molar-refractivity contribution < 1.29 is 14.3 Å². The van der Waals surface area contributed by atoms with Crippen molar-refractivity contribution in [2.24, 2.45) is 0 Å². The van der Waals surface area contributed by atoms with E-state index in [-0.39, 0.29) is 18.7 Å². The number of nitrogens with zero attached hydrogens (tertiary/aromatic N) is 2. The second-order valence-electron chi connectivity index (χ2n) is 5.94. The largest absolute Gasteiger partial charge is 0.454 e. The van der Waals surface area contributed by atoms with Crippen LogP contribution < -0.4 is 14.8 Å². The van der Waals surface area contributed by atoms with Crippen LogP contribution in [0.2, 0.25) is 0 Å². The Kier molecular flexibility index (Phi) is 3.80. The fourth-order valence-electron chi connectivity index (χ4n) is 3.21. The average molecular weight is 337 g/mol. The third kappa shape index (κ3) is 2.59. The van der Waals surface area contributed by atoms with E-state index in [0.29, 0.717) is 17.1 Å². The summed E-state index contributed by atoms with van der Waals surface area (Å²) in [5.41, 5.74) is 2.47. The smallest absolute Gasteiger partial charge is 0.255 e. The molecule has 0 bridgehead atoms. The molecule has 0 radical (unpaired) electrons. The minimum absolute atomic E-state index is 0.140. The molecule has 1 aliphatic heterocycles. The molecule has 25 heavy (non-hydrogen) atoms. The zero-order valence-corrected chi connectivity index (χ0v) is 14.2. The molecule has 2 aromatic carbocycles. The van der Waals surface area contributed by atoms with Crippen molar-refractivity contribution in [1.29, 1.82) is 0 Å². The van der Waals surface area contributed by atoms with Gasteiger partial charge in [0.15, 0.2) is 11.5 Å². The summed E-state index contributed by atoms with van der Waals surface area (Å²) in [6.45, 7) is 4.93. The molecule has 0 aliphatic carbocycles. The average Bonchev–Trinajstić information content (AvgIpc) is 3.25. The number of carbonyl (C=O) groups excluding carboxylic acids is 1. The second-order valence-corrected chi connectivity index (χ2v) is 5.94.